The van der Waals surface area contributed by atoms with E-state index in [1.807, 2.05) is 18.9 Å². The summed E-state index contributed by atoms with van der Waals surface area (Å²) >= 11 is 3.36. The van der Waals surface area contributed by atoms with Crippen LogP contribution >= 0.6 is 15.9 Å². The van der Waals surface area contributed by atoms with Crippen LogP contribution in [-0.2, 0) is 7.05 Å². The van der Waals surface area contributed by atoms with Crippen LogP contribution in [-0.4, -0.2) is 39.0 Å². The third kappa shape index (κ3) is 3.34. The van der Waals surface area contributed by atoms with Crippen molar-refractivity contribution in [2.24, 2.45) is 7.05 Å². The van der Waals surface area contributed by atoms with E-state index in [2.05, 4.69) is 21.0 Å². The van der Waals surface area contributed by atoms with E-state index in [9.17, 15) is 4.79 Å². The number of hydrogen-bond acceptors (Lipinski definition) is 2. The molecule has 0 spiro atoms. The molecule has 5 heteroatoms. The topological polar surface area (TPSA) is 38.1 Å². The summed E-state index contributed by atoms with van der Waals surface area (Å²) in [5.41, 5.74) is 0.661. The van der Waals surface area contributed by atoms with Crippen LogP contribution in [0.4, 0.5) is 0 Å². The van der Waals surface area contributed by atoms with Gasteiger partial charge in [0.25, 0.3) is 5.91 Å². The molecule has 0 atom stereocenters. The molecule has 84 valence electrons. The van der Waals surface area contributed by atoms with E-state index in [0.29, 0.717) is 5.56 Å². The van der Waals surface area contributed by atoms with Gasteiger partial charge in [0.1, 0.15) is 0 Å². The van der Waals surface area contributed by atoms with Gasteiger partial charge in [-0.1, -0.05) is 15.9 Å². The van der Waals surface area contributed by atoms with E-state index in [4.69, 9.17) is 0 Å². The molecule has 1 heterocycles. The Bertz CT molecular complexity index is 324. The fraction of sp³-hybridized carbons (Fsp3) is 0.600. The third-order valence-corrected chi connectivity index (χ3v) is 2.74. The predicted molar refractivity (Wildman–Crippen MR) is 63.2 cm³/mol. The molecule has 0 bridgehead atoms. The van der Waals surface area contributed by atoms with Gasteiger partial charge < -0.3 is 4.90 Å². The first-order valence-electron chi connectivity index (χ1n) is 5.03. The molecule has 0 fully saturated rings. The number of aryl methyl sites for hydroxylation is 1. The number of nitrogens with zero attached hydrogens (tertiary/aromatic N) is 3. The Hall–Kier alpha value is -0.840. The van der Waals surface area contributed by atoms with Crippen LogP contribution in [0.2, 0.25) is 0 Å². The highest BCUT2D eigenvalue weighted by Gasteiger charge is 2.14. The first kappa shape index (κ1) is 12.2. The van der Waals surface area contributed by atoms with Gasteiger partial charge in [0.2, 0.25) is 0 Å². The molecular weight excluding hydrogens is 258 g/mol. The van der Waals surface area contributed by atoms with Crippen molar-refractivity contribution in [1.82, 2.24) is 14.7 Å². The summed E-state index contributed by atoms with van der Waals surface area (Å²) in [5.74, 6) is 0.0616. The first-order valence-corrected chi connectivity index (χ1v) is 6.15. The Morgan fingerprint density at radius 1 is 1.67 bits per heavy atom. The number of hydrogen-bond donors (Lipinski definition) is 0. The summed E-state index contributed by atoms with van der Waals surface area (Å²) < 4.78 is 1.64. The van der Waals surface area contributed by atoms with E-state index >= 15 is 0 Å². The Kier molecular flexibility index (Phi) is 4.81. The molecule has 0 aliphatic rings. The average molecular weight is 274 g/mol. The number of carbonyl (C=O) groups excluding carboxylic acids is 1. The minimum Gasteiger partial charge on any atom is -0.339 e. The van der Waals surface area contributed by atoms with Gasteiger partial charge in [-0.25, -0.2) is 0 Å². The minimum absolute atomic E-state index is 0.0616. The zero-order valence-corrected chi connectivity index (χ0v) is 10.7. The van der Waals surface area contributed by atoms with Crippen LogP contribution in [0.3, 0.4) is 0 Å². The summed E-state index contributed by atoms with van der Waals surface area (Å²) in [5, 5.41) is 4.92. The number of halogens is 1. The summed E-state index contributed by atoms with van der Waals surface area (Å²) in [6, 6.07) is 0. The van der Waals surface area contributed by atoms with E-state index in [0.717, 1.165) is 24.8 Å². The SMILES string of the molecule is CCN(CCCBr)C(=O)c1cnn(C)c1. The van der Waals surface area contributed by atoms with Gasteiger partial charge in [-0.05, 0) is 13.3 Å². The van der Waals surface area contributed by atoms with E-state index < -0.39 is 0 Å². The van der Waals surface area contributed by atoms with E-state index in [1.165, 1.54) is 0 Å². The standard InChI is InChI=1S/C10H16BrN3O/c1-3-14(6-4-5-11)10(15)9-7-12-13(2)8-9/h7-8H,3-6H2,1-2H3. The number of aromatic nitrogens is 2. The molecule has 0 saturated carbocycles. The van der Waals surface area contributed by atoms with Crippen LogP contribution in [0.5, 0.6) is 0 Å². The lowest BCUT2D eigenvalue weighted by atomic mass is 10.3. The number of rotatable bonds is 5. The predicted octanol–water partition coefficient (Wildman–Crippen LogP) is 1.67. The quantitative estimate of drug-likeness (QED) is 0.766. The molecule has 0 unspecified atom stereocenters. The largest absolute Gasteiger partial charge is 0.339 e. The zero-order valence-electron chi connectivity index (χ0n) is 9.11. The van der Waals surface area contributed by atoms with E-state index in [-0.39, 0.29) is 5.91 Å². The lowest BCUT2D eigenvalue weighted by Gasteiger charge is -2.19. The van der Waals surface area contributed by atoms with Crippen molar-refractivity contribution in [3.05, 3.63) is 18.0 Å². The van der Waals surface area contributed by atoms with Gasteiger partial charge >= 0.3 is 0 Å². The second-order valence-electron chi connectivity index (χ2n) is 3.33. The Morgan fingerprint density at radius 3 is 2.87 bits per heavy atom. The van der Waals surface area contributed by atoms with Crippen molar-refractivity contribution >= 4 is 21.8 Å². The molecule has 1 rings (SSSR count). The second-order valence-corrected chi connectivity index (χ2v) is 4.12. The van der Waals surface area contributed by atoms with Crippen LogP contribution in [0.1, 0.15) is 23.7 Å². The fourth-order valence-electron chi connectivity index (χ4n) is 1.37. The highest BCUT2D eigenvalue weighted by atomic mass is 79.9. The molecule has 0 radical (unpaired) electrons. The molecule has 0 aromatic carbocycles. The number of carbonyl (C=O) groups is 1. The van der Waals surface area contributed by atoms with Crippen LogP contribution in [0.25, 0.3) is 0 Å². The van der Waals surface area contributed by atoms with Gasteiger partial charge in [0.15, 0.2) is 0 Å². The Morgan fingerprint density at radius 2 is 2.40 bits per heavy atom. The molecule has 0 saturated heterocycles. The van der Waals surface area contributed by atoms with Crippen molar-refractivity contribution < 1.29 is 4.79 Å². The second kappa shape index (κ2) is 5.90. The van der Waals surface area contributed by atoms with Gasteiger partial charge in [-0.15, -0.1) is 0 Å². The molecule has 4 nitrogen and oxygen atoms in total. The first-order chi connectivity index (χ1) is 7.19. The Labute approximate surface area is 98.4 Å². The van der Waals surface area contributed by atoms with Crippen molar-refractivity contribution in [2.75, 3.05) is 18.4 Å². The average Bonchev–Trinajstić information content (AvgIpc) is 2.65. The molecule has 15 heavy (non-hydrogen) atoms. The molecular formula is C10H16BrN3O. The van der Waals surface area contributed by atoms with Crippen molar-refractivity contribution in [1.29, 1.82) is 0 Å². The maximum absolute atomic E-state index is 12.0. The lowest BCUT2D eigenvalue weighted by molar-refractivity contribution is 0.0765. The van der Waals surface area contributed by atoms with Crippen LogP contribution in [0, 0.1) is 0 Å². The molecule has 0 N–H and O–H groups in total. The van der Waals surface area contributed by atoms with Gasteiger partial charge in [0, 0.05) is 31.7 Å². The van der Waals surface area contributed by atoms with Crippen LogP contribution in [0.15, 0.2) is 12.4 Å². The number of amides is 1. The Balaban J connectivity index is 2.64. The van der Waals surface area contributed by atoms with E-state index in [1.54, 1.807) is 17.1 Å². The lowest BCUT2D eigenvalue weighted by Crippen LogP contribution is -2.31. The molecule has 1 amide bonds. The highest BCUT2D eigenvalue weighted by Crippen LogP contribution is 2.04. The minimum atomic E-state index is 0.0616. The molecule has 0 aliphatic heterocycles. The maximum atomic E-state index is 12.0. The fourth-order valence-corrected chi connectivity index (χ4v) is 1.62. The van der Waals surface area contributed by atoms with Gasteiger partial charge in [-0.2, -0.15) is 5.10 Å². The van der Waals surface area contributed by atoms with Crippen molar-refractivity contribution in [2.45, 2.75) is 13.3 Å². The smallest absolute Gasteiger partial charge is 0.257 e. The van der Waals surface area contributed by atoms with Crippen molar-refractivity contribution in [3.8, 4) is 0 Å². The molecule has 1 aromatic rings. The normalized spacial score (nSPS) is 10.3. The highest BCUT2D eigenvalue weighted by molar-refractivity contribution is 9.09. The van der Waals surface area contributed by atoms with Crippen molar-refractivity contribution in [3.63, 3.8) is 0 Å². The maximum Gasteiger partial charge on any atom is 0.257 e. The summed E-state index contributed by atoms with van der Waals surface area (Å²) in [4.78, 5) is 13.8. The number of alkyl halides is 1. The van der Waals surface area contributed by atoms with Crippen LogP contribution < -0.4 is 0 Å². The third-order valence-electron chi connectivity index (χ3n) is 2.18. The summed E-state index contributed by atoms with van der Waals surface area (Å²) in [7, 11) is 1.81. The van der Waals surface area contributed by atoms with Gasteiger partial charge in [0.05, 0.1) is 11.8 Å². The monoisotopic (exact) mass is 273 g/mol. The van der Waals surface area contributed by atoms with Gasteiger partial charge in [-0.3, -0.25) is 9.48 Å². The summed E-state index contributed by atoms with van der Waals surface area (Å²) in [6.07, 6.45) is 4.33. The summed E-state index contributed by atoms with van der Waals surface area (Å²) in [6.45, 7) is 3.51. The zero-order chi connectivity index (χ0) is 11.3. The molecule has 1 aromatic heterocycles. The molecule has 0 aliphatic carbocycles.